The van der Waals surface area contributed by atoms with E-state index < -0.39 is 5.97 Å². The SMILES string of the molecule is C/C=C\c1cc2c(nc1C(C)(C)CC)OCCCN2c1cc(N2CCN(CC3=C(c4ccc(Cl)cc4)CC(C)(C)CC3)C(COCCCO)C2)ccc1C(=O)O.CC. The molecule has 1 saturated heterocycles. The standard InChI is InChI=1S/C46H61ClN4O5.C2H6/c1-7-11-33-26-41-43(48-42(33)46(5,6)8-2)56-25-9-20-51(41)40-27-36(16-17-38(40)44(53)54)50-22-21-49(37(30-50)31-55-24-10-23-52)29-34-18-19-45(3,4)28-39(34)32-12-14-35(47)15-13-32;1-2/h7,11-17,26-27,37,52H,8-10,18-25,28-31H2,1-6H3,(H,53,54);1-2H3/b11-7-;. The Morgan fingerprint density at radius 2 is 1.84 bits per heavy atom. The molecule has 3 heterocycles. The zero-order valence-corrected chi connectivity index (χ0v) is 37.0. The van der Waals surface area contributed by atoms with E-state index in [9.17, 15) is 15.0 Å². The number of carboxylic acid groups (broad SMARTS) is 1. The Balaban J connectivity index is 0.00000315. The van der Waals surface area contributed by atoms with E-state index >= 15 is 0 Å². The number of fused-ring (bicyclic) bond motifs is 1. The summed E-state index contributed by atoms with van der Waals surface area (Å²) < 4.78 is 12.5. The molecule has 10 heteroatoms. The highest BCUT2D eigenvalue weighted by Crippen LogP contribution is 2.45. The molecule has 0 amide bonds. The van der Waals surface area contributed by atoms with Crippen molar-refractivity contribution in [3.63, 3.8) is 0 Å². The fraction of sp³-hybridized carbons (Fsp3) is 0.542. The Morgan fingerprint density at radius 3 is 2.53 bits per heavy atom. The van der Waals surface area contributed by atoms with Crippen LogP contribution in [0.2, 0.25) is 5.02 Å². The van der Waals surface area contributed by atoms with Crippen molar-refractivity contribution >= 4 is 46.3 Å². The number of aromatic nitrogens is 1. The summed E-state index contributed by atoms with van der Waals surface area (Å²) in [6, 6.07) is 16.2. The van der Waals surface area contributed by atoms with E-state index in [1.807, 2.05) is 51.1 Å². The molecule has 0 spiro atoms. The lowest BCUT2D eigenvalue weighted by molar-refractivity contribution is 0.0502. The lowest BCUT2D eigenvalue weighted by atomic mass is 9.72. The van der Waals surface area contributed by atoms with Gasteiger partial charge in [-0.2, -0.15) is 0 Å². The molecule has 1 aromatic heterocycles. The van der Waals surface area contributed by atoms with Gasteiger partial charge in [0, 0.05) is 62.1 Å². The van der Waals surface area contributed by atoms with Crippen LogP contribution in [0, 0.1) is 5.41 Å². The summed E-state index contributed by atoms with van der Waals surface area (Å²) in [5, 5.41) is 20.7. The number of anilines is 3. The van der Waals surface area contributed by atoms with Gasteiger partial charge in [0.05, 0.1) is 36.2 Å². The molecule has 2 N–H and O–H groups in total. The second kappa shape index (κ2) is 20.4. The van der Waals surface area contributed by atoms with Crippen LogP contribution in [-0.4, -0.2) is 91.3 Å². The highest BCUT2D eigenvalue weighted by molar-refractivity contribution is 6.30. The largest absolute Gasteiger partial charge is 0.478 e. The number of carboxylic acids is 1. The highest BCUT2D eigenvalue weighted by Gasteiger charge is 2.34. The topological polar surface area (TPSA) is 98.6 Å². The Morgan fingerprint density at radius 1 is 1.09 bits per heavy atom. The minimum Gasteiger partial charge on any atom is -0.478 e. The van der Waals surface area contributed by atoms with Crippen LogP contribution in [0.3, 0.4) is 0 Å². The molecular formula is C48H67ClN4O5. The molecule has 2 aromatic carbocycles. The Kier molecular flexibility index (Phi) is 15.9. The fourth-order valence-corrected chi connectivity index (χ4v) is 8.41. The monoisotopic (exact) mass is 814 g/mol. The summed E-state index contributed by atoms with van der Waals surface area (Å²) in [6.45, 7) is 22.7. The normalized spacial score (nSPS) is 18.7. The van der Waals surface area contributed by atoms with Crippen molar-refractivity contribution in [1.82, 2.24) is 9.88 Å². The van der Waals surface area contributed by atoms with E-state index in [2.05, 4.69) is 73.6 Å². The molecule has 9 nitrogen and oxygen atoms in total. The van der Waals surface area contributed by atoms with E-state index in [1.165, 1.54) is 16.7 Å². The number of pyridine rings is 1. The van der Waals surface area contributed by atoms with Crippen LogP contribution in [-0.2, 0) is 10.2 Å². The number of rotatable bonds is 14. The number of piperazine rings is 1. The number of aliphatic hydroxyl groups excluding tert-OH is 1. The molecule has 3 aliphatic rings. The Labute approximate surface area is 352 Å². The molecule has 3 aromatic rings. The average Bonchev–Trinajstić information content (AvgIpc) is 3.43. The minimum absolute atomic E-state index is 0.0965. The number of hydrogen-bond acceptors (Lipinski definition) is 8. The lowest BCUT2D eigenvalue weighted by Crippen LogP contribution is -2.55. The first-order chi connectivity index (χ1) is 27.8. The predicted molar refractivity (Wildman–Crippen MR) is 240 cm³/mol. The van der Waals surface area contributed by atoms with E-state index in [0.29, 0.717) is 44.4 Å². The maximum atomic E-state index is 12.8. The molecule has 2 aliphatic heterocycles. The van der Waals surface area contributed by atoms with Crippen molar-refractivity contribution in [2.75, 3.05) is 69.0 Å². The van der Waals surface area contributed by atoms with Crippen molar-refractivity contribution in [1.29, 1.82) is 0 Å². The van der Waals surface area contributed by atoms with Crippen LogP contribution < -0.4 is 14.5 Å². The van der Waals surface area contributed by atoms with Gasteiger partial charge in [-0.3, -0.25) is 4.90 Å². The third-order valence-corrected chi connectivity index (χ3v) is 12.2. The number of nitrogens with zero attached hydrogens (tertiary/aromatic N) is 4. The molecular weight excluding hydrogens is 748 g/mol. The van der Waals surface area contributed by atoms with Gasteiger partial charge in [-0.15, -0.1) is 0 Å². The summed E-state index contributed by atoms with van der Waals surface area (Å²) in [4.78, 5) is 25.0. The number of allylic oxidation sites excluding steroid dienone is 2. The Bertz CT molecular complexity index is 1910. The first-order valence-corrected chi connectivity index (χ1v) is 21.8. The van der Waals surface area contributed by atoms with E-state index in [4.69, 9.17) is 26.1 Å². The van der Waals surface area contributed by atoms with Crippen molar-refractivity contribution in [3.05, 3.63) is 87.6 Å². The average molecular weight is 816 g/mol. The third-order valence-electron chi connectivity index (χ3n) is 11.9. The van der Waals surface area contributed by atoms with Gasteiger partial charge in [0.25, 0.3) is 0 Å². The molecule has 0 radical (unpaired) electrons. The number of carbonyl (C=O) groups is 1. The van der Waals surface area contributed by atoms with E-state index in [-0.39, 0.29) is 29.0 Å². The van der Waals surface area contributed by atoms with Crippen LogP contribution >= 0.6 is 11.6 Å². The summed E-state index contributed by atoms with van der Waals surface area (Å²) in [6.07, 6.45) is 9.56. The fourth-order valence-electron chi connectivity index (χ4n) is 8.29. The van der Waals surface area contributed by atoms with Crippen LogP contribution in [0.25, 0.3) is 11.6 Å². The molecule has 0 saturated carbocycles. The lowest BCUT2D eigenvalue weighted by Gasteiger charge is -2.44. The van der Waals surface area contributed by atoms with Gasteiger partial charge in [0.15, 0.2) is 0 Å². The predicted octanol–water partition coefficient (Wildman–Crippen LogP) is 10.7. The highest BCUT2D eigenvalue weighted by atomic mass is 35.5. The molecule has 1 unspecified atom stereocenters. The number of aliphatic hydroxyl groups is 1. The van der Waals surface area contributed by atoms with Crippen molar-refractivity contribution in [2.45, 2.75) is 105 Å². The van der Waals surface area contributed by atoms with E-state index in [0.717, 1.165) is 85.9 Å². The van der Waals surface area contributed by atoms with Gasteiger partial charge in [0.2, 0.25) is 5.88 Å². The smallest absolute Gasteiger partial charge is 0.337 e. The van der Waals surface area contributed by atoms with Crippen molar-refractivity contribution < 1.29 is 24.5 Å². The molecule has 58 heavy (non-hydrogen) atoms. The van der Waals surface area contributed by atoms with Crippen molar-refractivity contribution in [3.8, 4) is 5.88 Å². The first-order valence-electron chi connectivity index (χ1n) is 21.4. The Hall–Kier alpha value is -3.89. The maximum absolute atomic E-state index is 12.8. The van der Waals surface area contributed by atoms with Gasteiger partial charge in [-0.05, 0) is 104 Å². The number of ether oxygens (including phenoxy) is 2. The van der Waals surface area contributed by atoms with Gasteiger partial charge in [-0.25, -0.2) is 9.78 Å². The number of halogens is 1. The first kappa shape index (κ1) is 45.2. The second-order valence-corrected chi connectivity index (χ2v) is 17.4. The molecule has 316 valence electrons. The summed E-state index contributed by atoms with van der Waals surface area (Å²) >= 11 is 6.30. The molecule has 1 fully saturated rings. The quantitative estimate of drug-likeness (QED) is 0.154. The number of hydrogen-bond donors (Lipinski definition) is 2. The number of aromatic carboxylic acids is 1. The van der Waals surface area contributed by atoms with Crippen LogP contribution in [0.1, 0.15) is 121 Å². The summed E-state index contributed by atoms with van der Waals surface area (Å²) in [7, 11) is 0. The molecule has 1 atom stereocenters. The zero-order valence-electron chi connectivity index (χ0n) is 36.2. The van der Waals surface area contributed by atoms with Crippen molar-refractivity contribution in [2.24, 2.45) is 5.41 Å². The summed E-state index contributed by atoms with van der Waals surface area (Å²) in [5.74, 6) is -0.426. The van der Waals surface area contributed by atoms with Crippen LogP contribution in [0.5, 0.6) is 5.88 Å². The second-order valence-electron chi connectivity index (χ2n) is 17.0. The van der Waals surface area contributed by atoms with E-state index in [1.54, 1.807) is 6.07 Å². The minimum atomic E-state index is -0.968. The van der Waals surface area contributed by atoms with Crippen LogP contribution in [0.4, 0.5) is 17.1 Å². The van der Waals surface area contributed by atoms with Gasteiger partial charge in [-0.1, -0.05) is 89.9 Å². The van der Waals surface area contributed by atoms with Gasteiger partial charge in [0.1, 0.15) is 5.69 Å². The molecule has 0 bridgehead atoms. The maximum Gasteiger partial charge on any atom is 0.337 e. The van der Waals surface area contributed by atoms with Crippen LogP contribution in [0.15, 0.2) is 60.2 Å². The van der Waals surface area contributed by atoms with Gasteiger partial charge >= 0.3 is 5.97 Å². The molecule has 1 aliphatic carbocycles. The molecule has 6 rings (SSSR count). The zero-order chi connectivity index (χ0) is 42.0. The number of benzene rings is 2. The van der Waals surface area contributed by atoms with Gasteiger partial charge < -0.3 is 29.5 Å². The summed E-state index contributed by atoms with van der Waals surface area (Å²) in [5.41, 5.74) is 8.84. The third kappa shape index (κ3) is 10.8.